The van der Waals surface area contributed by atoms with Crippen LogP contribution >= 0.6 is 0 Å². The van der Waals surface area contributed by atoms with Gasteiger partial charge in [-0.1, -0.05) is 85.3 Å². The van der Waals surface area contributed by atoms with Gasteiger partial charge in [0.05, 0.1) is 7.11 Å². The van der Waals surface area contributed by atoms with Gasteiger partial charge in [0, 0.05) is 23.5 Å². The summed E-state index contributed by atoms with van der Waals surface area (Å²) in [7, 11) is 1.60. The Morgan fingerprint density at radius 1 is 0.810 bits per heavy atom. The zero-order chi connectivity index (χ0) is 29.5. The SMILES string of the molecule is COc1ccc(C(=O)CCCC[C@H](NC(=O)OCC2c3ccccc3-c3ccccc32)C(=O)O)cc1-c1ccccc1. The molecule has 0 spiro atoms. The van der Waals surface area contributed by atoms with E-state index in [4.69, 9.17) is 9.47 Å². The van der Waals surface area contributed by atoms with Crippen molar-refractivity contribution in [2.24, 2.45) is 0 Å². The number of carbonyl (C=O) groups is 3. The van der Waals surface area contributed by atoms with Gasteiger partial charge in [-0.3, -0.25) is 4.79 Å². The number of carboxylic acid groups (broad SMARTS) is 1. The van der Waals surface area contributed by atoms with Crippen LogP contribution in [0.15, 0.2) is 97.1 Å². The molecule has 214 valence electrons. The maximum absolute atomic E-state index is 12.9. The van der Waals surface area contributed by atoms with Crippen LogP contribution in [0.1, 0.15) is 53.1 Å². The molecule has 0 aliphatic heterocycles. The number of ketones is 1. The molecule has 0 saturated heterocycles. The lowest BCUT2D eigenvalue weighted by atomic mass is 9.97. The topological polar surface area (TPSA) is 102 Å². The highest BCUT2D eigenvalue weighted by Gasteiger charge is 2.29. The van der Waals surface area contributed by atoms with Crippen LogP contribution in [-0.4, -0.2) is 42.7 Å². The van der Waals surface area contributed by atoms with Crippen molar-refractivity contribution in [3.05, 3.63) is 114 Å². The summed E-state index contributed by atoms with van der Waals surface area (Å²) in [5, 5.41) is 12.2. The quantitative estimate of drug-likeness (QED) is 0.141. The van der Waals surface area contributed by atoms with E-state index in [9.17, 15) is 19.5 Å². The van der Waals surface area contributed by atoms with Gasteiger partial charge in [0.25, 0.3) is 0 Å². The third-order valence-corrected chi connectivity index (χ3v) is 7.69. The van der Waals surface area contributed by atoms with Crippen molar-refractivity contribution < 1.29 is 29.0 Å². The zero-order valence-corrected chi connectivity index (χ0v) is 23.4. The first kappa shape index (κ1) is 28.6. The molecule has 0 saturated carbocycles. The van der Waals surface area contributed by atoms with Crippen molar-refractivity contribution in [1.29, 1.82) is 0 Å². The Bertz CT molecular complexity index is 1540. The third kappa shape index (κ3) is 6.36. The lowest BCUT2D eigenvalue weighted by molar-refractivity contribution is -0.139. The molecule has 1 aliphatic rings. The van der Waals surface area contributed by atoms with E-state index < -0.39 is 18.1 Å². The number of nitrogens with one attached hydrogen (secondary N) is 1. The fraction of sp³-hybridized carbons (Fsp3) is 0.229. The highest BCUT2D eigenvalue weighted by Crippen LogP contribution is 2.44. The minimum atomic E-state index is -1.14. The first-order valence-electron chi connectivity index (χ1n) is 14.1. The van der Waals surface area contributed by atoms with E-state index in [1.54, 1.807) is 19.2 Å². The summed E-state index contributed by atoms with van der Waals surface area (Å²) in [5.74, 6) is -0.608. The Labute approximate surface area is 245 Å². The summed E-state index contributed by atoms with van der Waals surface area (Å²) in [5.41, 5.74) is 6.75. The predicted molar refractivity (Wildman–Crippen MR) is 161 cm³/mol. The normalized spacial score (nSPS) is 12.6. The summed E-state index contributed by atoms with van der Waals surface area (Å²) in [6.07, 6.45) is 0.616. The molecule has 2 N–H and O–H groups in total. The number of aliphatic carboxylic acids is 1. The number of carboxylic acids is 1. The average molecular weight is 564 g/mol. The Hall–Kier alpha value is -4.91. The van der Waals surface area contributed by atoms with Crippen molar-refractivity contribution >= 4 is 17.8 Å². The van der Waals surface area contributed by atoms with Crippen molar-refractivity contribution in [3.63, 3.8) is 0 Å². The van der Waals surface area contributed by atoms with Gasteiger partial charge in [0.2, 0.25) is 0 Å². The molecule has 7 heteroatoms. The van der Waals surface area contributed by atoms with Crippen LogP contribution in [-0.2, 0) is 9.53 Å². The fourth-order valence-electron chi connectivity index (χ4n) is 5.54. The van der Waals surface area contributed by atoms with E-state index in [0.29, 0.717) is 24.2 Å². The summed E-state index contributed by atoms with van der Waals surface area (Å²) in [6.45, 7) is 0.105. The summed E-state index contributed by atoms with van der Waals surface area (Å²) < 4.78 is 11.0. The lowest BCUT2D eigenvalue weighted by Gasteiger charge is -2.17. The highest BCUT2D eigenvalue weighted by atomic mass is 16.5. The molecule has 0 radical (unpaired) electrons. The number of ether oxygens (including phenoxy) is 2. The van der Waals surface area contributed by atoms with Gasteiger partial charge in [-0.2, -0.15) is 0 Å². The number of benzene rings is 4. The van der Waals surface area contributed by atoms with Crippen LogP contribution in [0.2, 0.25) is 0 Å². The van der Waals surface area contributed by atoms with Gasteiger partial charge >= 0.3 is 12.1 Å². The summed E-state index contributed by atoms with van der Waals surface area (Å²) >= 11 is 0. The number of amides is 1. The second kappa shape index (κ2) is 13.2. The number of alkyl carbamates (subject to hydrolysis) is 1. The second-order valence-corrected chi connectivity index (χ2v) is 10.3. The second-order valence-electron chi connectivity index (χ2n) is 10.3. The van der Waals surface area contributed by atoms with Crippen molar-refractivity contribution in [2.75, 3.05) is 13.7 Å². The Balaban J connectivity index is 1.12. The zero-order valence-electron chi connectivity index (χ0n) is 23.4. The molecule has 7 nitrogen and oxygen atoms in total. The molecule has 42 heavy (non-hydrogen) atoms. The number of Topliss-reactive ketones (excluding diaryl/α,β-unsaturated/α-hetero) is 1. The summed E-state index contributed by atoms with van der Waals surface area (Å²) in [4.78, 5) is 37.4. The summed E-state index contributed by atoms with van der Waals surface area (Å²) in [6, 6.07) is 30.0. The standard InChI is InChI=1S/C35H33NO6/c1-41-33-20-19-24(21-29(33)23-11-3-2-4-12-23)32(37)18-10-9-17-31(34(38)39)36-35(40)42-22-30-27-15-7-5-13-25(27)26-14-6-8-16-28(26)30/h2-8,11-16,19-21,30-31H,9-10,17-18,22H2,1H3,(H,36,40)(H,38,39)/t31-/m0/s1. The van der Waals surface area contributed by atoms with Gasteiger partial charge in [0.15, 0.2) is 5.78 Å². The highest BCUT2D eigenvalue weighted by molar-refractivity contribution is 5.97. The fourth-order valence-corrected chi connectivity index (χ4v) is 5.54. The molecule has 1 atom stereocenters. The largest absolute Gasteiger partial charge is 0.496 e. The molecular formula is C35H33NO6. The van der Waals surface area contributed by atoms with Gasteiger partial charge < -0.3 is 19.9 Å². The van der Waals surface area contributed by atoms with Crippen LogP contribution in [0.5, 0.6) is 5.75 Å². The van der Waals surface area contributed by atoms with E-state index in [1.165, 1.54) is 0 Å². The number of rotatable bonds is 12. The van der Waals surface area contributed by atoms with Crippen LogP contribution in [0.25, 0.3) is 22.3 Å². The van der Waals surface area contributed by atoms with E-state index in [2.05, 4.69) is 17.4 Å². The first-order valence-corrected chi connectivity index (χ1v) is 14.1. The number of unbranched alkanes of at least 4 members (excludes halogenated alkanes) is 1. The lowest BCUT2D eigenvalue weighted by Crippen LogP contribution is -2.41. The maximum Gasteiger partial charge on any atom is 0.407 e. The van der Waals surface area contributed by atoms with Crippen molar-refractivity contribution in [3.8, 4) is 28.0 Å². The number of hydrogen-bond acceptors (Lipinski definition) is 5. The smallest absolute Gasteiger partial charge is 0.407 e. The Morgan fingerprint density at radius 3 is 2.10 bits per heavy atom. The Morgan fingerprint density at radius 2 is 1.45 bits per heavy atom. The molecule has 5 rings (SSSR count). The maximum atomic E-state index is 12.9. The van der Waals surface area contributed by atoms with E-state index in [1.807, 2.05) is 72.8 Å². The number of carbonyl (C=O) groups excluding carboxylic acids is 2. The first-order chi connectivity index (χ1) is 20.5. The minimum Gasteiger partial charge on any atom is -0.496 e. The van der Waals surface area contributed by atoms with Gasteiger partial charge in [-0.05, 0) is 58.9 Å². The molecule has 0 unspecified atom stereocenters. The van der Waals surface area contributed by atoms with Crippen LogP contribution in [0, 0.1) is 0 Å². The van der Waals surface area contributed by atoms with Gasteiger partial charge in [-0.25, -0.2) is 9.59 Å². The molecule has 4 aromatic rings. The van der Waals surface area contributed by atoms with Gasteiger partial charge in [-0.15, -0.1) is 0 Å². The molecule has 0 fully saturated rings. The average Bonchev–Trinajstić information content (AvgIpc) is 3.34. The number of methoxy groups -OCH3 is 1. The predicted octanol–water partition coefficient (Wildman–Crippen LogP) is 7.10. The molecule has 0 heterocycles. The Kier molecular flexibility index (Phi) is 8.97. The monoisotopic (exact) mass is 563 g/mol. The van der Waals surface area contributed by atoms with Crippen molar-refractivity contribution in [1.82, 2.24) is 5.32 Å². The van der Waals surface area contributed by atoms with E-state index >= 15 is 0 Å². The van der Waals surface area contributed by atoms with Crippen LogP contribution < -0.4 is 10.1 Å². The molecule has 1 amide bonds. The number of hydrogen-bond donors (Lipinski definition) is 2. The van der Waals surface area contributed by atoms with E-state index in [-0.39, 0.29) is 31.1 Å². The molecule has 0 aromatic heterocycles. The van der Waals surface area contributed by atoms with Gasteiger partial charge in [0.1, 0.15) is 18.4 Å². The number of fused-ring (bicyclic) bond motifs is 3. The van der Waals surface area contributed by atoms with E-state index in [0.717, 1.165) is 33.4 Å². The molecule has 4 aromatic carbocycles. The minimum absolute atomic E-state index is 0.0359. The third-order valence-electron chi connectivity index (χ3n) is 7.69. The molecular weight excluding hydrogens is 530 g/mol. The molecule has 0 bridgehead atoms. The van der Waals surface area contributed by atoms with Crippen LogP contribution in [0.4, 0.5) is 4.79 Å². The van der Waals surface area contributed by atoms with Crippen molar-refractivity contribution in [2.45, 2.75) is 37.6 Å². The molecule has 1 aliphatic carbocycles. The van der Waals surface area contributed by atoms with Crippen LogP contribution in [0.3, 0.4) is 0 Å².